The van der Waals surface area contributed by atoms with E-state index in [0.717, 1.165) is 12.5 Å². The Bertz CT molecular complexity index is 458. The van der Waals surface area contributed by atoms with Crippen LogP contribution in [0.3, 0.4) is 0 Å². The Morgan fingerprint density at radius 2 is 2.06 bits per heavy atom. The van der Waals surface area contributed by atoms with E-state index in [-0.39, 0.29) is 17.2 Å². The van der Waals surface area contributed by atoms with E-state index < -0.39 is 11.8 Å². The van der Waals surface area contributed by atoms with E-state index in [1.54, 1.807) is 0 Å². The number of carbonyl (C=O) groups excluding carboxylic acids is 1. The Hall–Kier alpha value is -1.91. The van der Waals surface area contributed by atoms with Gasteiger partial charge in [-0.15, -0.1) is 0 Å². The maximum atomic E-state index is 13.5. The second-order valence-corrected chi connectivity index (χ2v) is 4.48. The molecule has 1 amide bonds. The maximum Gasteiger partial charge on any atom is 0.335 e. The molecule has 98 valence electrons. The van der Waals surface area contributed by atoms with Gasteiger partial charge >= 0.3 is 5.97 Å². The Balaban J connectivity index is 2.68. The molecule has 0 aliphatic carbocycles. The van der Waals surface area contributed by atoms with Crippen LogP contribution in [0.15, 0.2) is 18.2 Å². The number of amides is 1. The van der Waals surface area contributed by atoms with E-state index in [4.69, 9.17) is 5.11 Å². The van der Waals surface area contributed by atoms with Crippen molar-refractivity contribution < 1.29 is 19.1 Å². The van der Waals surface area contributed by atoms with Crippen LogP contribution in [-0.2, 0) is 4.79 Å². The number of nitrogens with one attached hydrogen (secondary N) is 1. The van der Waals surface area contributed by atoms with Crippen molar-refractivity contribution in [3.63, 3.8) is 0 Å². The van der Waals surface area contributed by atoms with Crippen LogP contribution in [0, 0.1) is 11.7 Å². The van der Waals surface area contributed by atoms with Crippen molar-refractivity contribution in [2.75, 3.05) is 5.32 Å². The highest BCUT2D eigenvalue weighted by Crippen LogP contribution is 2.16. The zero-order chi connectivity index (χ0) is 13.7. The van der Waals surface area contributed by atoms with Gasteiger partial charge in [0.25, 0.3) is 0 Å². The normalized spacial score (nSPS) is 10.4. The molecular formula is C13H16FNO3. The van der Waals surface area contributed by atoms with E-state index in [1.807, 2.05) is 13.8 Å². The fraction of sp³-hybridized carbons (Fsp3) is 0.385. The highest BCUT2D eigenvalue weighted by atomic mass is 19.1. The fourth-order valence-electron chi connectivity index (χ4n) is 1.38. The molecule has 0 saturated carbocycles. The van der Waals surface area contributed by atoms with Crippen LogP contribution in [0.4, 0.5) is 10.1 Å². The summed E-state index contributed by atoms with van der Waals surface area (Å²) in [5.41, 5.74) is -0.138. The van der Waals surface area contributed by atoms with Crippen LogP contribution in [0.5, 0.6) is 0 Å². The third-order valence-electron chi connectivity index (χ3n) is 2.44. The van der Waals surface area contributed by atoms with Crippen LogP contribution >= 0.6 is 0 Å². The molecule has 2 N–H and O–H groups in total. The van der Waals surface area contributed by atoms with Gasteiger partial charge < -0.3 is 10.4 Å². The lowest BCUT2D eigenvalue weighted by Gasteiger charge is -2.08. The molecule has 0 atom stereocenters. The summed E-state index contributed by atoms with van der Waals surface area (Å²) < 4.78 is 13.5. The third-order valence-corrected chi connectivity index (χ3v) is 2.44. The summed E-state index contributed by atoms with van der Waals surface area (Å²) >= 11 is 0. The fourth-order valence-corrected chi connectivity index (χ4v) is 1.38. The highest BCUT2D eigenvalue weighted by molar-refractivity contribution is 5.92. The lowest BCUT2D eigenvalue weighted by molar-refractivity contribution is -0.116. The second kappa shape index (κ2) is 6.14. The second-order valence-electron chi connectivity index (χ2n) is 4.48. The summed E-state index contributed by atoms with van der Waals surface area (Å²) in [6.07, 6.45) is 1.04. The van der Waals surface area contributed by atoms with Gasteiger partial charge in [-0.2, -0.15) is 0 Å². The number of carbonyl (C=O) groups is 2. The van der Waals surface area contributed by atoms with Crippen molar-refractivity contribution in [1.82, 2.24) is 0 Å². The van der Waals surface area contributed by atoms with Gasteiger partial charge in [-0.05, 0) is 30.5 Å². The van der Waals surface area contributed by atoms with E-state index in [2.05, 4.69) is 5.32 Å². The molecule has 0 heterocycles. The third kappa shape index (κ3) is 4.16. The van der Waals surface area contributed by atoms with Crippen molar-refractivity contribution >= 4 is 17.6 Å². The number of carboxylic acids is 1. The first-order valence-corrected chi connectivity index (χ1v) is 5.73. The number of hydrogen-bond donors (Lipinski definition) is 2. The highest BCUT2D eigenvalue weighted by Gasteiger charge is 2.11. The van der Waals surface area contributed by atoms with Gasteiger partial charge in [0.2, 0.25) is 5.91 Å². The van der Waals surface area contributed by atoms with Gasteiger partial charge in [0.15, 0.2) is 0 Å². The van der Waals surface area contributed by atoms with E-state index in [0.29, 0.717) is 12.3 Å². The van der Waals surface area contributed by atoms with E-state index in [1.165, 1.54) is 12.1 Å². The number of rotatable bonds is 5. The number of benzene rings is 1. The molecule has 4 nitrogen and oxygen atoms in total. The van der Waals surface area contributed by atoms with E-state index in [9.17, 15) is 14.0 Å². The molecule has 0 aromatic heterocycles. The van der Waals surface area contributed by atoms with Crippen LogP contribution in [0.25, 0.3) is 0 Å². The lowest BCUT2D eigenvalue weighted by atomic mass is 10.1. The summed E-state index contributed by atoms with van der Waals surface area (Å²) in [4.78, 5) is 22.1. The van der Waals surface area contributed by atoms with Gasteiger partial charge in [-0.25, -0.2) is 9.18 Å². The van der Waals surface area contributed by atoms with Crippen molar-refractivity contribution in [3.8, 4) is 0 Å². The van der Waals surface area contributed by atoms with Crippen molar-refractivity contribution in [1.29, 1.82) is 0 Å². The van der Waals surface area contributed by atoms with E-state index >= 15 is 0 Å². The first-order chi connectivity index (χ1) is 8.40. The Kier molecular flexibility index (Phi) is 4.83. The minimum atomic E-state index is -1.20. The molecule has 1 aromatic carbocycles. The summed E-state index contributed by atoms with van der Waals surface area (Å²) in [6, 6.07) is 3.40. The maximum absolute atomic E-state index is 13.5. The molecule has 0 radical (unpaired) electrons. The molecular weight excluding hydrogens is 237 g/mol. The quantitative estimate of drug-likeness (QED) is 0.847. The number of aromatic carboxylic acids is 1. The topological polar surface area (TPSA) is 66.4 Å². The largest absolute Gasteiger partial charge is 0.478 e. The Morgan fingerprint density at radius 1 is 1.39 bits per heavy atom. The predicted octanol–water partition coefficient (Wildman–Crippen LogP) is 2.90. The first-order valence-electron chi connectivity index (χ1n) is 5.73. The molecule has 1 aromatic rings. The van der Waals surface area contributed by atoms with Crippen LogP contribution in [0.1, 0.15) is 37.0 Å². The van der Waals surface area contributed by atoms with Crippen LogP contribution in [0.2, 0.25) is 0 Å². The number of anilines is 1. The van der Waals surface area contributed by atoms with Gasteiger partial charge in [0.05, 0.1) is 11.3 Å². The van der Waals surface area contributed by atoms with Crippen molar-refractivity contribution in [2.24, 2.45) is 5.92 Å². The zero-order valence-electron chi connectivity index (χ0n) is 10.4. The average molecular weight is 253 g/mol. The van der Waals surface area contributed by atoms with Crippen LogP contribution in [-0.4, -0.2) is 17.0 Å². The predicted molar refractivity (Wildman–Crippen MR) is 66.1 cm³/mol. The summed E-state index contributed by atoms with van der Waals surface area (Å²) in [5, 5.41) is 11.1. The first kappa shape index (κ1) is 14.2. The number of carboxylic acid groups (broad SMARTS) is 1. The molecule has 0 aliphatic rings. The molecule has 18 heavy (non-hydrogen) atoms. The molecule has 5 heteroatoms. The van der Waals surface area contributed by atoms with Gasteiger partial charge in [-0.3, -0.25) is 4.79 Å². The molecule has 0 aliphatic heterocycles. The Labute approximate surface area is 105 Å². The smallest absolute Gasteiger partial charge is 0.335 e. The number of halogens is 1. The summed E-state index contributed by atoms with van der Waals surface area (Å²) in [6.45, 7) is 3.99. The molecule has 0 bridgehead atoms. The molecule has 0 saturated heterocycles. The van der Waals surface area contributed by atoms with Gasteiger partial charge in [-0.1, -0.05) is 13.8 Å². The summed E-state index contributed by atoms with van der Waals surface area (Å²) in [5.74, 6) is -1.82. The molecule has 0 unspecified atom stereocenters. The molecule has 0 fully saturated rings. The molecule has 0 spiro atoms. The average Bonchev–Trinajstić information content (AvgIpc) is 2.29. The SMILES string of the molecule is CC(C)CCC(=O)Nc1ccc(C(=O)O)cc1F. The van der Waals surface area contributed by atoms with Gasteiger partial charge in [0, 0.05) is 6.42 Å². The number of hydrogen-bond acceptors (Lipinski definition) is 2. The van der Waals surface area contributed by atoms with Gasteiger partial charge in [0.1, 0.15) is 5.82 Å². The lowest BCUT2D eigenvalue weighted by Crippen LogP contribution is -2.13. The monoisotopic (exact) mass is 253 g/mol. The van der Waals surface area contributed by atoms with Crippen molar-refractivity contribution in [2.45, 2.75) is 26.7 Å². The standard InChI is InChI=1S/C13H16FNO3/c1-8(2)3-6-12(16)15-11-5-4-9(13(17)18)7-10(11)14/h4-5,7-8H,3,6H2,1-2H3,(H,15,16)(H,17,18). The van der Waals surface area contributed by atoms with Crippen LogP contribution < -0.4 is 5.32 Å². The minimum Gasteiger partial charge on any atom is -0.478 e. The Morgan fingerprint density at radius 3 is 2.56 bits per heavy atom. The zero-order valence-corrected chi connectivity index (χ0v) is 10.4. The minimum absolute atomic E-state index is 0.00811. The van der Waals surface area contributed by atoms with Crippen molar-refractivity contribution in [3.05, 3.63) is 29.6 Å². The molecule has 1 rings (SSSR count). The summed E-state index contributed by atoms with van der Waals surface area (Å²) in [7, 11) is 0.